The monoisotopic (exact) mass is 365 g/mol. The van der Waals surface area contributed by atoms with Crippen molar-refractivity contribution < 1.29 is 9.15 Å². The van der Waals surface area contributed by atoms with E-state index in [9.17, 15) is 0 Å². The van der Waals surface area contributed by atoms with Crippen molar-refractivity contribution >= 4 is 16.7 Å². The summed E-state index contributed by atoms with van der Waals surface area (Å²) in [6, 6.07) is 9.85. The van der Waals surface area contributed by atoms with Gasteiger partial charge in [0.15, 0.2) is 18.3 Å². The third kappa shape index (κ3) is 3.40. The first-order valence-electron chi connectivity index (χ1n) is 8.88. The molecule has 27 heavy (non-hydrogen) atoms. The number of nitrogens with zero attached hydrogens (tertiary/aromatic N) is 2. The second-order valence-corrected chi connectivity index (χ2v) is 7.51. The van der Waals surface area contributed by atoms with Gasteiger partial charge in [0, 0.05) is 11.5 Å². The fraction of sp³-hybridized carbons (Fsp3) is 0.300. The molecule has 7 nitrogen and oxygen atoms in total. The second-order valence-electron chi connectivity index (χ2n) is 7.51. The van der Waals surface area contributed by atoms with E-state index in [0.717, 1.165) is 45.5 Å². The molecule has 0 saturated carbocycles. The van der Waals surface area contributed by atoms with Crippen LogP contribution in [-0.4, -0.2) is 26.9 Å². The molecule has 1 aromatic carbocycles. The molecule has 3 heterocycles. The topological polar surface area (TPSA) is 91.8 Å². The third-order valence-electron chi connectivity index (χ3n) is 4.37. The predicted octanol–water partition coefficient (Wildman–Crippen LogP) is 4.60. The minimum Gasteiger partial charge on any atom is -0.470 e. The van der Waals surface area contributed by atoms with Gasteiger partial charge in [0.2, 0.25) is 0 Å². The van der Waals surface area contributed by atoms with Crippen molar-refractivity contribution in [2.75, 3.05) is 12.0 Å². The fourth-order valence-corrected chi connectivity index (χ4v) is 2.84. The first kappa shape index (κ1) is 17.2. The Balaban J connectivity index is 1.47. The van der Waals surface area contributed by atoms with Crippen LogP contribution in [0.1, 0.15) is 32.3 Å². The minimum absolute atomic E-state index is 0.0567. The van der Waals surface area contributed by atoms with E-state index in [-0.39, 0.29) is 12.1 Å². The lowest BCUT2D eigenvalue weighted by atomic mass is 9.93. The molecular formula is C20H23N5O2. The van der Waals surface area contributed by atoms with Crippen molar-refractivity contribution in [3.63, 3.8) is 0 Å². The molecule has 140 valence electrons. The summed E-state index contributed by atoms with van der Waals surface area (Å²) in [4.78, 5) is 7.90. The molecule has 0 radical (unpaired) electrons. The van der Waals surface area contributed by atoms with Crippen LogP contribution in [0.5, 0.6) is 5.75 Å². The van der Waals surface area contributed by atoms with E-state index in [4.69, 9.17) is 9.15 Å². The van der Waals surface area contributed by atoms with Crippen molar-refractivity contribution in [3.8, 4) is 17.3 Å². The summed E-state index contributed by atoms with van der Waals surface area (Å²) in [6.45, 7) is 8.52. The van der Waals surface area contributed by atoms with Gasteiger partial charge in [0.1, 0.15) is 17.2 Å². The number of nitrogens with one attached hydrogen (secondary N) is 3. The lowest BCUT2D eigenvalue weighted by Gasteiger charge is -2.13. The first-order chi connectivity index (χ1) is 12.9. The number of rotatable bonds is 5. The molecule has 0 atom stereocenters. The molecule has 0 fully saturated rings. The molecule has 0 aliphatic heterocycles. The summed E-state index contributed by atoms with van der Waals surface area (Å²) >= 11 is 0. The molecule has 0 saturated heterocycles. The lowest BCUT2D eigenvalue weighted by molar-refractivity contribution is 0.333. The van der Waals surface area contributed by atoms with Gasteiger partial charge in [0.25, 0.3) is 0 Å². The van der Waals surface area contributed by atoms with E-state index in [1.807, 2.05) is 37.3 Å². The van der Waals surface area contributed by atoms with E-state index < -0.39 is 0 Å². The number of para-hydroxylation sites is 2. The zero-order chi connectivity index (χ0) is 19.0. The van der Waals surface area contributed by atoms with Gasteiger partial charge in [-0.2, -0.15) is 5.10 Å². The van der Waals surface area contributed by atoms with E-state index in [2.05, 4.69) is 46.3 Å². The van der Waals surface area contributed by atoms with Gasteiger partial charge >= 0.3 is 0 Å². The SMILES string of the molecule is Cc1oc(C(C)(C)C)cc1OCNc1cn[nH]c1-c1nc2ccccc2[nH]1. The minimum atomic E-state index is -0.0567. The van der Waals surface area contributed by atoms with Crippen LogP contribution in [0.3, 0.4) is 0 Å². The van der Waals surface area contributed by atoms with Gasteiger partial charge in [-0.05, 0) is 19.1 Å². The highest BCUT2D eigenvalue weighted by atomic mass is 16.5. The van der Waals surface area contributed by atoms with Gasteiger partial charge in [-0.15, -0.1) is 0 Å². The maximum Gasteiger partial charge on any atom is 0.163 e. The number of aromatic amines is 2. The molecule has 0 aliphatic carbocycles. The van der Waals surface area contributed by atoms with Crippen molar-refractivity contribution in [1.82, 2.24) is 20.2 Å². The third-order valence-corrected chi connectivity index (χ3v) is 4.37. The number of aryl methyl sites for hydroxylation is 1. The Morgan fingerprint density at radius 3 is 2.78 bits per heavy atom. The largest absolute Gasteiger partial charge is 0.470 e. The highest BCUT2D eigenvalue weighted by Gasteiger charge is 2.21. The Morgan fingerprint density at radius 2 is 2.04 bits per heavy atom. The van der Waals surface area contributed by atoms with Crippen LogP contribution in [-0.2, 0) is 5.41 Å². The number of hydrogen-bond donors (Lipinski definition) is 3. The molecule has 0 unspecified atom stereocenters. The molecule has 4 aromatic rings. The average Bonchev–Trinajstić information content (AvgIpc) is 3.32. The van der Waals surface area contributed by atoms with E-state index >= 15 is 0 Å². The molecule has 0 amide bonds. The molecule has 0 bridgehead atoms. The molecule has 4 rings (SSSR count). The number of H-pyrrole nitrogens is 2. The van der Waals surface area contributed by atoms with Crippen LogP contribution in [0.25, 0.3) is 22.6 Å². The quantitative estimate of drug-likeness (QED) is 0.450. The zero-order valence-corrected chi connectivity index (χ0v) is 15.9. The zero-order valence-electron chi connectivity index (χ0n) is 15.9. The number of imidazole rings is 1. The van der Waals surface area contributed by atoms with Crippen LogP contribution >= 0.6 is 0 Å². The Morgan fingerprint density at radius 1 is 1.22 bits per heavy atom. The molecule has 7 heteroatoms. The molecule has 0 aliphatic rings. The summed E-state index contributed by atoms with van der Waals surface area (Å²) in [5.74, 6) is 3.14. The van der Waals surface area contributed by atoms with Crippen molar-refractivity contribution in [2.45, 2.75) is 33.1 Å². The van der Waals surface area contributed by atoms with E-state index in [1.54, 1.807) is 6.20 Å². The number of ether oxygens (including phenoxy) is 1. The van der Waals surface area contributed by atoms with Crippen LogP contribution in [0.4, 0.5) is 5.69 Å². The summed E-state index contributed by atoms with van der Waals surface area (Å²) in [5, 5.41) is 10.4. The maximum atomic E-state index is 5.86. The van der Waals surface area contributed by atoms with E-state index in [0.29, 0.717) is 0 Å². The fourth-order valence-electron chi connectivity index (χ4n) is 2.84. The lowest BCUT2D eigenvalue weighted by Crippen LogP contribution is -2.10. The highest BCUT2D eigenvalue weighted by Crippen LogP contribution is 2.31. The van der Waals surface area contributed by atoms with Crippen LogP contribution in [0, 0.1) is 6.92 Å². The van der Waals surface area contributed by atoms with Crippen molar-refractivity contribution in [2.24, 2.45) is 0 Å². The van der Waals surface area contributed by atoms with Gasteiger partial charge in [-0.1, -0.05) is 32.9 Å². The van der Waals surface area contributed by atoms with Crippen LogP contribution in [0.2, 0.25) is 0 Å². The normalized spacial score (nSPS) is 11.9. The molecule has 0 spiro atoms. The average molecular weight is 365 g/mol. The van der Waals surface area contributed by atoms with E-state index in [1.165, 1.54) is 0 Å². The second kappa shape index (κ2) is 6.50. The summed E-state index contributed by atoms with van der Waals surface area (Å²) in [7, 11) is 0. The maximum absolute atomic E-state index is 5.86. The van der Waals surface area contributed by atoms with Gasteiger partial charge in [-0.3, -0.25) is 5.10 Å². The molecule has 3 N–H and O–H groups in total. The van der Waals surface area contributed by atoms with Gasteiger partial charge < -0.3 is 19.5 Å². The highest BCUT2D eigenvalue weighted by molar-refractivity contribution is 5.81. The number of benzene rings is 1. The van der Waals surface area contributed by atoms with Crippen molar-refractivity contribution in [1.29, 1.82) is 0 Å². The Labute approximate surface area is 157 Å². The number of anilines is 1. The molecular weight excluding hydrogens is 342 g/mol. The van der Waals surface area contributed by atoms with Crippen LogP contribution in [0.15, 0.2) is 40.9 Å². The number of aromatic nitrogens is 4. The Hall–Kier alpha value is -3.22. The summed E-state index contributed by atoms with van der Waals surface area (Å²) in [6.07, 6.45) is 1.72. The van der Waals surface area contributed by atoms with Crippen LogP contribution < -0.4 is 10.1 Å². The predicted molar refractivity (Wildman–Crippen MR) is 105 cm³/mol. The molecule has 3 aromatic heterocycles. The standard InChI is InChI=1S/C20H23N5O2/c1-12-16(9-17(27-12)20(2,3)4)26-11-21-15-10-22-25-18(15)19-23-13-7-5-6-8-14(13)24-19/h5-10,21H,11H2,1-4H3,(H,22,25)(H,23,24). The summed E-state index contributed by atoms with van der Waals surface area (Å²) < 4.78 is 11.7. The van der Waals surface area contributed by atoms with Gasteiger partial charge in [0.05, 0.1) is 22.9 Å². The Kier molecular flexibility index (Phi) is 4.14. The smallest absolute Gasteiger partial charge is 0.163 e. The number of furan rings is 1. The number of fused-ring (bicyclic) bond motifs is 1. The Bertz CT molecular complexity index is 1030. The number of hydrogen-bond acceptors (Lipinski definition) is 5. The first-order valence-corrected chi connectivity index (χ1v) is 8.88. The van der Waals surface area contributed by atoms with Gasteiger partial charge in [-0.25, -0.2) is 4.98 Å². The summed E-state index contributed by atoms with van der Waals surface area (Å²) in [5.41, 5.74) is 3.43. The van der Waals surface area contributed by atoms with Crippen molar-refractivity contribution in [3.05, 3.63) is 48.0 Å².